The van der Waals surface area contributed by atoms with Crippen molar-refractivity contribution in [3.8, 4) is 16.9 Å². The van der Waals surface area contributed by atoms with E-state index in [0.29, 0.717) is 22.4 Å². The minimum absolute atomic E-state index is 0.0421. The lowest BCUT2D eigenvalue weighted by Gasteiger charge is -2.15. The Kier molecular flexibility index (Phi) is 3.68. The molecule has 0 amide bonds. The second-order valence-corrected chi connectivity index (χ2v) is 7.23. The van der Waals surface area contributed by atoms with Gasteiger partial charge in [0.15, 0.2) is 11.4 Å². The van der Waals surface area contributed by atoms with Gasteiger partial charge in [-0.25, -0.2) is 14.6 Å². The molecular weight excluding hydrogens is 326 g/mol. The SMILES string of the molecule is CC(C)(C)C(=O)c1c[nH]c2ncc(-c3cccc(-n4cccn4)c3)nc12. The molecular formula is C20H19N5O. The Morgan fingerprint density at radius 3 is 2.77 bits per heavy atom. The number of benzene rings is 1. The Labute approximate surface area is 150 Å². The quantitative estimate of drug-likeness (QED) is 0.569. The van der Waals surface area contributed by atoms with Gasteiger partial charge in [0.1, 0.15) is 5.52 Å². The highest BCUT2D eigenvalue weighted by molar-refractivity contribution is 6.08. The number of fused-ring (bicyclic) bond motifs is 1. The van der Waals surface area contributed by atoms with Gasteiger partial charge in [-0.2, -0.15) is 5.10 Å². The fourth-order valence-electron chi connectivity index (χ4n) is 2.84. The van der Waals surface area contributed by atoms with Crippen LogP contribution in [0.15, 0.2) is 55.1 Å². The minimum Gasteiger partial charge on any atom is -0.344 e. The molecule has 4 rings (SSSR count). The highest BCUT2D eigenvalue weighted by Gasteiger charge is 2.26. The molecule has 0 atom stereocenters. The monoisotopic (exact) mass is 345 g/mol. The first-order chi connectivity index (χ1) is 12.4. The van der Waals surface area contributed by atoms with Crippen molar-refractivity contribution in [1.29, 1.82) is 0 Å². The maximum Gasteiger partial charge on any atom is 0.171 e. The molecule has 1 N–H and O–H groups in total. The molecule has 26 heavy (non-hydrogen) atoms. The lowest BCUT2D eigenvalue weighted by atomic mass is 9.87. The summed E-state index contributed by atoms with van der Waals surface area (Å²) in [4.78, 5) is 24.9. The van der Waals surface area contributed by atoms with Crippen molar-refractivity contribution < 1.29 is 4.79 Å². The van der Waals surface area contributed by atoms with Gasteiger partial charge in [-0.3, -0.25) is 4.79 Å². The van der Waals surface area contributed by atoms with Gasteiger partial charge in [-0.1, -0.05) is 32.9 Å². The van der Waals surface area contributed by atoms with E-state index in [9.17, 15) is 4.79 Å². The van der Waals surface area contributed by atoms with Crippen molar-refractivity contribution in [3.63, 3.8) is 0 Å². The summed E-state index contributed by atoms with van der Waals surface area (Å²) in [6.45, 7) is 5.71. The molecule has 0 spiro atoms. The van der Waals surface area contributed by atoms with Crippen LogP contribution in [0.4, 0.5) is 0 Å². The van der Waals surface area contributed by atoms with E-state index < -0.39 is 5.41 Å². The van der Waals surface area contributed by atoms with Crippen LogP contribution in [0.25, 0.3) is 28.1 Å². The zero-order valence-corrected chi connectivity index (χ0v) is 14.9. The number of hydrogen-bond donors (Lipinski definition) is 1. The Morgan fingerprint density at radius 2 is 2.04 bits per heavy atom. The third kappa shape index (κ3) is 2.79. The fraction of sp³-hybridized carbons (Fsp3) is 0.200. The van der Waals surface area contributed by atoms with Gasteiger partial charge in [0.05, 0.1) is 23.1 Å². The van der Waals surface area contributed by atoms with E-state index in [0.717, 1.165) is 11.3 Å². The maximum atomic E-state index is 12.7. The van der Waals surface area contributed by atoms with E-state index >= 15 is 0 Å². The number of nitrogens with one attached hydrogen (secondary N) is 1. The Balaban J connectivity index is 1.81. The molecule has 3 aromatic heterocycles. The molecule has 3 heterocycles. The van der Waals surface area contributed by atoms with Gasteiger partial charge in [-0.05, 0) is 18.2 Å². The number of carbonyl (C=O) groups is 1. The van der Waals surface area contributed by atoms with Crippen molar-refractivity contribution in [2.24, 2.45) is 5.41 Å². The fourth-order valence-corrected chi connectivity index (χ4v) is 2.84. The zero-order valence-electron chi connectivity index (χ0n) is 14.9. The molecule has 0 radical (unpaired) electrons. The number of H-pyrrole nitrogens is 1. The zero-order chi connectivity index (χ0) is 18.3. The standard InChI is InChI=1S/C20H19N5O/c1-20(2,3)18(26)15-11-21-19-17(15)24-16(12-22-19)13-6-4-7-14(10-13)25-9-5-8-23-25/h4-12H,1-3H3,(H,21,22). The average molecular weight is 345 g/mol. The normalized spacial score (nSPS) is 11.8. The third-order valence-corrected chi connectivity index (χ3v) is 4.22. The summed E-state index contributed by atoms with van der Waals surface area (Å²) in [7, 11) is 0. The molecule has 0 aliphatic rings. The maximum absolute atomic E-state index is 12.7. The second-order valence-electron chi connectivity index (χ2n) is 7.23. The highest BCUT2D eigenvalue weighted by Crippen LogP contribution is 2.27. The van der Waals surface area contributed by atoms with Crippen LogP contribution < -0.4 is 0 Å². The van der Waals surface area contributed by atoms with Gasteiger partial charge < -0.3 is 4.98 Å². The summed E-state index contributed by atoms with van der Waals surface area (Å²) in [5.41, 5.74) is 3.89. The number of Topliss-reactive ketones (excluding diaryl/α,β-unsaturated/α-hetero) is 1. The Bertz CT molecular complexity index is 1090. The molecule has 6 heteroatoms. The van der Waals surface area contributed by atoms with E-state index in [1.165, 1.54) is 0 Å². The van der Waals surface area contributed by atoms with E-state index in [2.05, 4.69) is 15.1 Å². The average Bonchev–Trinajstić information content (AvgIpc) is 3.29. The first-order valence-corrected chi connectivity index (χ1v) is 8.43. The van der Waals surface area contributed by atoms with Crippen LogP contribution in [0.3, 0.4) is 0 Å². The van der Waals surface area contributed by atoms with Gasteiger partial charge in [0.25, 0.3) is 0 Å². The molecule has 6 nitrogen and oxygen atoms in total. The van der Waals surface area contributed by atoms with E-state index in [-0.39, 0.29) is 5.78 Å². The third-order valence-electron chi connectivity index (χ3n) is 4.22. The van der Waals surface area contributed by atoms with Crippen LogP contribution in [-0.2, 0) is 0 Å². The number of rotatable bonds is 3. The molecule has 0 saturated carbocycles. The van der Waals surface area contributed by atoms with E-state index in [1.807, 2.05) is 57.3 Å². The number of aromatic amines is 1. The Hall–Kier alpha value is -3.28. The number of ketones is 1. The largest absolute Gasteiger partial charge is 0.344 e. The van der Waals surface area contributed by atoms with Crippen molar-refractivity contribution in [3.05, 3.63) is 60.7 Å². The first kappa shape index (κ1) is 16.2. The van der Waals surface area contributed by atoms with Crippen molar-refractivity contribution >= 4 is 16.9 Å². The molecule has 0 aliphatic heterocycles. The highest BCUT2D eigenvalue weighted by atomic mass is 16.1. The molecule has 130 valence electrons. The Morgan fingerprint density at radius 1 is 1.19 bits per heavy atom. The molecule has 0 bridgehead atoms. The second kappa shape index (κ2) is 5.91. The predicted octanol–water partition coefficient (Wildman–Crippen LogP) is 4.04. The summed E-state index contributed by atoms with van der Waals surface area (Å²) < 4.78 is 1.79. The molecule has 0 fully saturated rings. The van der Waals surface area contributed by atoms with Crippen molar-refractivity contribution in [1.82, 2.24) is 24.7 Å². The minimum atomic E-state index is -0.479. The first-order valence-electron chi connectivity index (χ1n) is 8.43. The number of aromatic nitrogens is 5. The van der Waals surface area contributed by atoms with Gasteiger partial charge in [0.2, 0.25) is 0 Å². The van der Waals surface area contributed by atoms with Crippen LogP contribution in [0.2, 0.25) is 0 Å². The van der Waals surface area contributed by atoms with Crippen LogP contribution >= 0.6 is 0 Å². The van der Waals surface area contributed by atoms with Gasteiger partial charge in [-0.15, -0.1) is 0 Å². The predicted molar refractivity (Wildman–Crippen MR) is 100 cm³/mol. The number of carbonyl (C=O) groups excluding carboxylic acids is 1. The summed E-state index contributed by atoms with van der Waals surface area (Å²) in [5, 5.41) is 4.26. The summed E-state index contributed by atoms with van der Waals surface area (Å²) in [5.74, 6) is 0.0421. The van der Waals surface area contributed by atoms with Gasteiger partial charge >= 0.3 is 0 Å². The molecule has 0 unspecified atom stereocenters. The summed E-state index contributed by atoms with van der Waals surface area (Å²) in [6.07, 6.45) is 7.04. The van der Waals surface area contributed by atoms with Crippen molar-refractivity contribution in [2.45, 2.75) is 20.8 Å². The smallest absolute Gasteiger partial charge is 0.171 e. The lowest BCUT2D eigenvalue weighted by Crippen LogP contribution is -2.20. The molecule has 0 saturated heterocycles. The van der Waals surface area contributed by atoms with Crippen LogP contribution in [-0.4, -0.2) is 30.5 Å². The van der Waals surface area contributed by atoms with E-state index in [4.69, 9.17) is 4.98 Å². The number of hydrogen-bond acceptors (Lipinski definition) is 4. The van der Waals surface area contributed by atoms with Crippen LogP contribution in [0.5, 0.6) is 0 Å². The number of nitrogens with zero attached hydrogens (tertiary/aromatic N) is 4. The topological polar surface area (TPSA) is 76.5 Å². The summed E-state index contributed by atoms with van der Waals surface area (Å²) in [6, 6.07) is 9.79. The summed E-state index contributed by atoms with van der Waals surface area (Å²) >= 11 is 0. The molecule has 1 aromatic carbocycles. The van der Waals surface area contributed by atoms with Crippen LogP contribution in [0.1, 0.15) is 31.1 Å². The van der Waals surface area contributed by atoms with Crippen molar-refractivity contribution in [2.75, 3.05) is 0 Å². The van der Waals surface area contributed by atoms with Gasteiger partial charge in [0, 0.05) is 29.6 Å². The lowest BCUT2D eigenvalue weighted by molar-refractivity contribution is 0.0860. The molecule has 4 aromatic rings. The van der Waals surface area contributed by atoms with E-state index in [1.54, 1.807) is 23.3 Å². The molecule has 0 aliphatic carbocycles. The van der Waals surface area contributed by atoms with Crippen LogP contribution in [0, 0.1) is 5.41 Å².